The summed E-state index contributed by atoms with van der Waals surface area (Å²) in [6, 6.07) is -0.648. The molecule has 0 aromatic heterocycles. The van der Waals surface area contributed by atoms with Gasteiger partial charge in [-0.1, -0.05) is 344 Å². The van der Waals surface area contributed by atoms with Crippen molar-refractivity contribution in [2.45, 2.75) is 379 Å². The molecule has 0 rings (SSSR count). The molecular weight excluding hydrogens is 915 g/mol. The highest BCUT2D eigenvalue weighted by molar-refractivity contribution is 5.76. The highest BCUT2D eigenvalue weighted by Crippen LogP contribution is 2.18. The van der Waals surface area contributed by atoms with Gasteiger partial charge in [-0.2, -0.15) is 0 Å². The van der Waals surface area contributed by atoms with E-state index < -0.39 is 12.1 Å². The second-order valence-electron chi connectivity index (χ2n) is 23.2. The Morgan fingerprint density at radius 3 is 0.853 bits per heavy atom. The summed E-state index contributed by atoms with van der Waals surface area (Å²) in [5.41, 5.74) is 0. The van der Waals surface area contributed by atoms with Crippen LogP contribution in [-0.2, 0) is 4.79 Å². The minimum absolute atomic E-state index is 0.0736. The zero-order valence-electron chi connectivity index (χ0n) is 50.8. The van der Waals surface area contributed by atoms with Gasteiger partial charge in [-0.3, -0.25) is 4.79 Å². The van der Waals surface area contributed by atoms with E-state index in [1.54, 1.807) is 6.08 Å². The average molecular weight is 1050 g/mol. The van der Waals surface area contributed by atoms with Gasteiger partial charge in [-0.25, -0.2) is 0 Å². The van der Waals surface area contributed by atoms with Crippen molar-refractivity contribution in [1.82, 2.24) is 5.32 Å². The Hall–Kier alpha value is -1.91. The van der Waals surface area contributed by atoms with Crippen molar-refractivity contribution in [3.63, 3.8) is 0 Å². The molecule has 4 nitrogen and oxygen atoms in total. The summed E-state index contributed by atoms with van der Waals surface area (Å²) in [4.78, 5) is 12.5. The second kappa shape index (κ2) is 66.4. The van der Waals surface area contributed by atoms with Gasteiger partial charge in [-0.05, 0) is 77.0 Å². The van der Waals surface area contributed by atoms with Gasteiger partial charge >= 0.3 is 0 Å². The normalized spacial score (nSPS) is 13.1. The number of aliphatic hydroxyl groups excluding tert-OH is 2. The van der Waals surface area contributed by atoms with Crippen molar-refractivity contribution < 1.29 is 15.0 Å². The van der Waals surface area contributed by atoms with Crippen molar-refractivity contribution in [2.24, 2.45) is 0 Å². The zero-order chi connectivity index (χ0) is 54.1. The fourth-order valence-corrected chi connectivity index (χ4v) is 10.5. The third-order valence-electron chi connectivity index (χ3n) is 15.7. The Balaban J connectivity index is 3.48. The first kappa shape index (κ1) is 73.1. The van der Waals surface area contributed by atoms with E-state index in [0.29, 0.717) is 6.42 Å². The van der Waals surface area contributed by atoms with Gasteiger partial charge in [0.1, 0.15) is 0 Å². The third kappa shape index (κ3) is 62.8. The molecule has 3 N–H and O–H groups in total. The van der Waals surface area contributed by atoms with E-state index in [2.05, 4.69) is 67.8 Å². The molecule has 4 heteroatoms. The molecule has 0 aliphatic carbocycles. The van der Waals surface area contributed by atoms with E-state index in [1.165, 1.54) is 302 Å². The minimum atomic E-state index is -0.873. The molecule has 0 spiro atoms. The number of allylic oxidation sites excluding steroid dienone is 9. The molecule has 1 amide bonds. The van der Waals surface area contributed by atoms with Crippen molar-refractivity contribution in [3.8, 4) is 0 Å². The van der Waals surface area contributed by atoms with Crippen LogP contribution in [0.1, 0.15) is 367 Å². The van der Waals surface area contributed by atoms with Crippen LogP contribution in [0.4, 0.5) is 0 Å². The maximum atomic E-state index is 12.5. The Labute approximate surface area is 470 Å². The Kier molecular flexibility index (Phi) is 64.7. The first-order valence-electron chi connectivity index (χ1n) is 34.0. The van der Waals surface area contributed by atoms with Gasteiger partial charge in [0.25, 0.3) is 0 Å². The summed E-state index contributed by atoms with van der Waals surface area (Å²) in [6.07, 6.45) is 94.5. The summed E-state index contributed by atoms with van der Waals surface area (Å²) >= 11 is 0. The van der Waals surface area contributed by atoms with Crippen molar-refractivity contribution in [1.29, 1.82) is 0 Å². The molecule has 0 aromatic carbocycles. The van der Waals surface area contributed by atoms with E-state index >= 15 is 0 Å². The van der Waals surface area contributed by atoms with Gasteiger partial charge in [0.05, 0.1) is 18.8 Å². The summed E-state index contributed by atoms with van der Waals surface area (Å²) in [6.45, 7) is 4.33. The number of aliphatic hydroxyl groups is 2. The SMILES string of the molecule is CCCCCCCCCCCCCCCC/C=C/CC/C=C/CC/C=C/C(O)C(CO)NC(=O)CCCCCCCCCCCCCCCCCCC/C=C\C/C=C\CCCCCCCCCCCCCCCCC. The van der Waals surface area contributed by atoms with Crippen LogP contribution in [0, 0.1) is 0 Å². The molecule has 0 saturated carbocycles. The topological polar surface area (TPSA) is 69.6 Å². The standard InChI is InChI=1S/C71H133NO3/c1-3-5-7-9-11-13-15-17-19-21-23-25-27-29-30-31-32-33-34-35-36-37-38-39-40-41-42-43-45-47-49-51-53-55-57-59-61-63-65-67-71(75)72-69(68-73)70(74)66-64-62-60-58-56-54-52-50-48-46-44-28-26-24-22-20-18-16-14-12-10-8-6-4-2/h32-33,35-36,48,50,56,58,64,66,69-70,73-74H,3-31,34,37-47,49,51-55,57,59-63,65,67-68H2,1-2H3,(H,72,75)/b33-32-,36-35-,50-48+,58-56+,66-64+. The third-order valence-corrected chi connectivity index (χ3v) is 15.7. The quantitative estimate of drug-likeness (QED) is 0.0420. The predicted octanol–water partition coefficient (Wildman–Crippen LogP) is 23.1. The largest absolute Gasteiger partial charge is 0.394 e. The van der Waals surface area contributed by atoms with Gasteiger partial charge in [0, 0.05) is 6.42 Å². The average Bonchev–Trinajstić information content (AvgIpc) is 3.41. The lowest BCUT2D eigenvalue weighted by molar-refractivity contribution is -0.123. The maximum absolute atomic E-state index is 12.5. The summed E-state index contributed by atoms with van der Waals surface area (Å²) < 4.78 is 0. The molecule has 0 aliphatic heterocycles. The lowest BCUT2D eigenvalue weighted by atomic mass is 10.0. The minimum Gasteiger partial charge on any atom is -0.394 e. The fraction of sp³-hybridized carbons (Fsp3) is 0.845. The van der Waals surface area contributed by atoms with Crippen molar-refractivity contribution >= 4 is 5.91 Å². The summed E-state index contributed by atoms with van der Waals surface area (Å²) in [7, 11) is 0. The molecule has 0 aromatic rings. The van der Waals surface area contributed by atoms with Gasteiger partial charge in [0.2, 0.25) is 5.91 Å². The molecule has 0 bridgehead atoms. The van der Waals surface area contributed by atoms with Gasteiger partial charge in [-0.15, -0.1) is 0 Å². The van der Waals surface area contributed by atoms with E-state index in [0.717, 1.165) is 44.9 Å². The highest BCUT2D eigenvalue weighted by Gasteiger charge is 2.18. The van der Waals surface area contributed by atoms with Crippen molar-refractivity contribution in [3.05, 3.63) is 60.8 Å². The molecular formula is C71H133NO3. The molecule has 75 heavy (non-hydrogen) atoms. The van der Waals surface area contributed by atoms with Crippen LogP contribution >= 0.6 is 0 Å². The highest BCUT2D eigenvalue weighted by atomic mass is 16.3. The van der Waals surface area contributed by atoms with Crippen LogP contribution in [0.5, 0.6) is 0 Å². The molecule has 0 saturated heterocycles. The summed E-state index contributed by atoms with van der Waals surface area (Å²) in [5, 5.41) is 23.2. The van der Waals surface area contributed by atoms with Crippen LogP contribution < -0.4 is 5.32 Å². The lowest BCUT2D eigenvalue weighted by Gasteiger charge is -2.19. The van der Waals surface area contributed by atoms with Crippen LogP contribution in [0.15, 0.2) is 60.8 Å². The first-order chi connectivity index (χ1) is 37.2. The smallest absolute Gasteiger partial charge is 0.220 e. The van der Waals surface area contributed by atoms with E-state index in [1.807, 2.05) is 6.08 Å². The van der Waals surface area contributed by atoms with E-state index in [4.69, 9.17) is 0 Å². The number of rotatable bonds is 63. The van der Waals surface area contributed by atoms with Gasteiger partial charge in [0.15, 0.2) is 0 Å². The van der Waals surface area contributed by atoms with E-state index in [9.17, 15) is 15.0 Å². The molecule has 2 unspecified atom stereocenters. The Morgan fingerprint density at radius 2 is 0.560 bits per heavy atom. The maximum Gasteiger partial charge on any atom is 0.220 e. The van der Waals surface area contributed by atoms with Crippen LogP contribution in [0.25, 0.3) is 0 Å². The Morgan fingerprint density at radius 1 is 0.320 bits per heavy atom. The molecule has 440 valence electrons. The second-order valence-corrected chi connectivity index (χ2v) is 23.2. The van der Waals surface area contributed by atoms with Crippen LogP contribution in [-0.4, -0.2) is 34.9 Å². The van der Waals surface area contributed by atoms with Gasteiger partial charge < -0.3 is 15.5 Å². The number of unbranched alkanes of at least 4 members (excludes halogenated alkanes) is 48. The number of amides is 1. The zero-order valence-corrected chi connectivity index (χ0v) is 50.8. The molecule has 2 atom stereocenters. The van der Waals surface area contributed by atoms with E-state index in [-0.39, 0.29) is 12.5 Å². The molecule has 0 heterocycles. The fourth-order valence-electron chi connectivity index (χ4n) is 10.5. The monoisotopic (exact) mass is 1050 g/mol. The number of carbonyl (C=O) groups excluding carboxylic acids is 1. The number of hydrogen-bond donors (Lipinski definition) is 3. The van der Waals surface area contributed by atoms with Crippen LogP contribution in [0.3, 0.4) is 0 Å². The number of hydrogen-bond acceptors (Lipinski definition) is 3. The molecule has 0 radical (unpaired) electrons. The molecule has 0 fully saturated rings. The molecule has 0 aliphatic rings. The number of carbonyl (C=O) groups is 1. The first-order valence-corrected chi connectivity index (χ1v) is 34.0. The summed E-state index contributed by atoms with van der Waals surface area (Å²) in [5.74, 6) is -0.0736. The van der Waals surface area contributed by atoms with Crippen LogP contribution in [0.2, 0.25) is 0 Å². The predicted molar refractivity (Wildman–Crippen MR) is 336 cm³/mol. The Bertz CT molecular complexity index is 1230. The van der Waals surface area contributed by atoms with Crippen molar-refractivity contribution in [2.75, 3.05) is 6.61 Å². The number of nitrogens with one attached hydrogen (secondary N) is 1. The lowest BCUT2D eigenvalue weighted by Crippen LogP contribution is -2.45.